The number of imidazole rings is 1. The number of carbonyl (C=O) groups is 1. The van der Waals surface area contributed by atoms with Crippen LogP contribution in [0.4, 0.5) is 15.6 Å². The summed E-state index contributed by atoms with van der Waals surface area (Å²) in [6.45, 7) is 0. The van der Waals surface area contributed by atoms with Crippen LogP contribution in [-0.4, -0.2) is 52.3 Å². The molecule has 0 aliphatic heterocycles. The van der Waals surface area contributed by atoms with E-state index in [0.717, 1.165) is 26.6 Å². The maximum atomic E-state index is 11.4. The molecule has 1 amide bonds. The Bertz CT molecular complexity index is 1210. The molecule has 0 unspecified atom stereocenters. The molecule has 31 heavy (non-hydrogen) atoms. The van der Waals surface area contributed by atoms with Crippen LogP contribution in [0.15, 0.2) is 22.8 Å². The summed E-state index contributed by atoms with van der Waals surface area (Å²) >= 11 is 11.4. The molecule has 0 saturated heterocycles. The number of anilines is 2. The van der Waals surface area contributed by atoms with Crippen molar-refractivity contribution < 1.29 is 9.53 Å². The molecule has 12 heteroatoms. The number of amides is 1. The molecule has 2 bridgehead atoms. The average Bonchev–Trinajstić information content (AvgIpc) is 3.47. The fourth-order valence-electron chi connectivity index (χ4n) is 4.23. The zero-order valence-electron chi connectivity index (χ0n) is 16.6. The van der Waals surface area contributed by atoms with E-state index >= 15 is 0 Å². The number of hydrogen-bond donors (Lipinski definition) is 3. The van der Waals surface area contributed by atoms with Crippen LogP contribution < -0.4 is 16.0 Å². The number of rotatable bonds is 5. The van der Waals surface area contributed by atoms with Crippen LogP contribution in [0.2, 0.25) is 5.15 Å². The lowest BCUT2D eigenvalue weighted by atomic mass is 9.98. The predicted molar refractivity (Wildman–Crippen MR) is 125 cm³/mol. The summed E-state index contributed by atoms with van der Waals surface area (Å²) in [5.74, 6) is 0.986. The van der Waals surface area contributed by atoms with E-state index in [9.17, 15) is 4.79 Å². The Hall–Kier alpha value is -2.37. The average molecular weight is 525 g/mol. The minimum absolute atomic E-state index is 0.114. The van der Waals surface area contributed by atoms with Gasteiger partial charge in [-0.3, -0.25) is 0 Å². The third kappa shape index (κ3) is 3.54. The number of fused-ring (bicyclic) bond motifs is 3. The highest BCUT2D eigenvalue weighted by Crippen LogP contribution is 2.44. The predicted octanol–water partition coefficient (Wildman–Crippen LogP) is 4.01. The van der Waals surface area contributed by atoms with E-state index in [1.807, 2.05) is 19.0 Å². The second-order valence-electron chi connectivity index (χ2n) is 7.79. The molecule has 4 N–H and O–H groups in total. The number of primary amides is 1. The van der Waals surface area contributed by atoms with Gasteiger partial charge in [-0.2, -0.15) is 0 Å². The molecule has 2 aliphatic carbocycles. The van der Waals surface area contributed by atoms with Gasteiger partial charge >= 0.3 is 6.09 Å². The van der Waals surface area contributed by atoms with Crippen molar-refractivity contribution in [2.75, 3.05) is 24.3 Å². The maximum Gasteiger partial charge on any atom is 0.404 e. The molecule has 1 saturated carbocycles. The van der Waals surface area contributed by atoms with Gasteiger partial charge in [0.15, 0.2) is 21.8 Å². The van der Waals surface area contributed by atoms with Gasteiger partial charge < -0.3 is 25.7 Å². The smallest absolute Gasteiger partial charge is 0.404 e. The van der Waals surface area contributed by atoms with E-state index in [-0.39, 0.29) is 24.0 Å². The lowest BCUT2D eigenvalue weighted by molar-refractivity contribution is 0.0854. The minimum Gasteiger partial charge on any atom is -0.444 e. The van der Waals surface area contributed by atoms with Crippen LogP contribution in [0.5, 0.6) is 0 Å². The first-order chi connectivity index (χ1) is 14.8. The van der Waals surface area contributed by atoms with E-state index in [4.69, 9.17) is 27.1 Å². The number of carbonyl (C=O) groups excluding carboxylic acids is 1. The van der Waals surface area contributed by atoms with E-state index in [1.54, 1.807) is 6.20 Å². The van der Waals surface area contributed by atoms with Crippen molar-refractivity contribution in [3.8, 4) is 10.7 Å². The Morgan fingerprint density at radius 2 is 2.16 bits per heavy atom. The van der Waals surface area contributed by atoms with Gasteiger partial charge in [-0.25, -0.2) is 19.7 Å². The van der Waals surface area contributed by atoms with Crippen LogP contribution in [-0.2, 0) is 4.74 Å². The van der Waals surface area contributed by atoms with Crippen molar-refractivity contribution in [1.29, 1.82) is 0 Å². The molecule has 4 atom stereocenters. The van der Waals surface area contributed by atoms with Gasteiger partial charge in [-0.1, -0.05) is 35.1 Å². The first-order valence-corrected chi connectivity index (χ1v) is 11.6. The Morgan fingerprint density at radius 1 is 1.39 bits per heavy atom. The van der Waals surface area contributed by atoms with E-state index in [0.29, 0.717) is 22.1 Å². The summed E-state index contributed by atoms with van der Waals surface area (Å²) in [5.41, 5.74) is 7.35. The third-order valence-electron chi connectivity index (χ3n) is 5.59. The Balaban J connectivity index is 1.53. The largest absolute Gasteiger partial charge is 0.444 e. The molecular weight excluding hydrogens is 506 g/mol. The summed E-state index contributed by atoms with van der Waals surface area (Å²) in [7, 11) is 3.82. The quantitative estimate of drug-likeness (QED) is 0.431. The molecule has 3 aromatic rings. The molecule has 3 aromatic heterocycles. The maximum absolute atomic E-state index is 11.4. The third-order valence-corrected chi connectivity index (χ3v) is 7.81. The van der Waals surface area contributed by atoms with Gasteiger partial charge in [0.1, 0.15) is 16.5 Å². The fraction of sp³-hybridized carbons (Fsp3) is 0.368. The number of nitrogens with zero attached hydrogens (tertiary/aromatic N) is 4. The molecule has 9 nitrogen and oxygen atoms in total. The lowest BCUT2D eigenvalue weighted by Gasteiger charge is -2.29. The second-order valence-corrected chi connectivity index (χ2v) is 9.98. The molecule has 0 radical (unpaired) electrons. The number of nitrogens with one attached hydrogen (secondary N) is 2. The van der Waals surface area contributed by atoms with Gasteiger partial charge in [0.2, 0.25) is 0 Å². The molecule has 5 rings (SSSR count). The van der Waals surface area contributed by atoms with Crippen molar-refractivity contribution in [1.82, 2.24) is 19.9 Å². The van der Waals surface area contributed by atoms with Gasteiger partial charge in [-0.15, -0.1) is 0 Å². The molecule has 2 aliphatic rings. The molecule has 162 valence electrons. The minimum atomic E-state index is -0.768. The number of pyridine rings is 1. The number of H-pyrrole nitrogens is 1. The number of aromatic nitrogens is 4. The van der Waals surface area contributed by atoms with Crippen LogP contribution in [0.3, 0.4) is 0 Å². The van der Waals surface area contributed by atoms with Gasteiger partial charge in [0, 0.05) is 32.1 Å². The monoisotopic (exact) mass is 523 g/mol. The summed E-state index contributed by atoms with van der Waals surface area (Å²) in [4.78, 5) is 30.9. The zero-order chi connectivity index (χ0) is 21.9. The second kappa shape index (κ2) is 7.64. The fourth-order valence-corrected chi connectivity index (χ4v) is 5.80. The number of hydrogen-bond acceptors (Lipinski definition) is 8. The van der Waals surface area contributed by atoms with Gasteiger partial charge in [0.25, 0.3) is 0 Å². The first-order valence-electron chi connectivity index (χ1n) is 9.61. The lowest BCUT2D eigenvalue weighted by Crippen LogP contribution is -2.41. The topological polar surface area (TPSA) is 122 Å². The first kappa shape index (κ1) is 20.5. The van der Waals surface area contributed by atoms with E-state index in [1.165, 1.54) is 11.3 Å². The summed E-state index contributed by atoms with van der Waals surface area (Å²) in [5, 5.41) is 4.70. The highest BCUT2D eigenvalue weighted by molar-refractivity contribution is 9.10. The molecule has 1 fully saturated rings. The Morgan fingerprint density at radius 3 is 2.87 bits per heavy atom. The SMILES string of the molecule is CN(C)c1nc(Cl)c(-c2nc3c(N[C@H]4[C@@H](OC(N)=O)[C@@H]5C=C[C@H]4C5)c(Br)cnc3[nH]2)s1. The highest BCUT2D eigenvalue weighted by atomic mass is 79.9. The summed E-state index contributed by atoms with van der Waals surface area (Å²) in [6.07, 6.45) is 5.77. The van der Waals surface area contributed by atoms with Gasteiger partial charge in [-0.05, 0) is 22.4 Å². The summed E-state index contributed by atoms with van der Waals surface area (Å²) < 4.78 is 6.19. The van der Waals surface area contributed by atoms with Crippen molar-refractivity contribution >= 4 is 66.9 Å². The number of thiazole rings is 1. The standard InChI is InChI=1S/C19H19BrClN7O2S/c1-28(2)19-26-15(21)14(31-19)17-25-12-11(9(20)6-23-16(12)27-17)24-10-7-3-4-8(5-7)13(10)30-18(22)29/h3-4,6-8,10,13H,5H2,1-2H3,(H2,22,29)(H2,23,24,25,27)/t7-,8+,10+,13-/m0/s1. The number of ether oxygens (including phenoxy) is 1. The molecular formula is C19H19BrClN7O2S. The van der Waals surface area contributed by atoms with Crippen LogP contribution in [0.25, 0.3) is 21.9 Å². The van der Waals surface area contributed by atoms with E-state index in [2.05, 4.69) is 48.4 Å². The van der Waals surface area contributed by atoms with E-state index < -0.39 is 6.09 Å². The number of aromatic amines is 1. The Kier molecular flexibility index (Phi) is 5.06. The molecule has 3 heterocycles. The van der Waals surface area contributed by atoms with Crippen molar-refractivity contribution in [3.05, 3.63) is 28.0 Å². The number of halogens is 2. The Labute approximate surface area is 195 Å². The van der Waals surface area contributed by atoms with Crippen molar-refractivity contribution in [2.24, 2.45) is 17.6 Å². The van der Waals surface area contributed by atoms with Crippen LogP contribution in [0, 0.1) is 11.8 Å². The normalized spacial score (nSPS) is 24.1. The summed E-state index contributed by atoms with van der Waals surface area (Å²) in [6, 6.07) is -0.114. The zero-order valence-corrected chi connectivity index (χ0v) is 19.8. The number of nitrogens with two attached hydrogens (primary N) is 1. The van der Waals surface area contributed by atoms with Gasteiger partial charge in [0.05, 0.1) is 16.2 Å². The van der Waals surface area contributed by atoms with Crippen LogP contribution >= 0.6 is 38.9 Å². The van der Waals surface area contributed by atoms with Crippen molar-refractivity contribution in [3.63, 3.8) is 0 Å². The molecule has 0 spiro atoms. The highest BCUT2D eigenvalue weighted by Gasteiger charge is 2.47. The molecule has 0 aromatic carbocycles. The van der Waals surface area contributed by atoms with Crippen molar-refractivity contribution in [2.45, 2.75) is 18.6 Å². The van der Waals surface area contributed by atoms with Crippen LogP contribution in [0.1, 0.15) is 6.42 Å².